The molecule has 1 N–H and O–H groups in total. The molecule has 2 rings (SSSR count). The van der Waals surface area contributed by atoms with Crippen molar-refractivity contribution in [2.24, 2.45) is 0 Å². The molecule has 4 heteroatoms. The first-order valence-electron chi connectivity index (χ1n) is 6.24. The van der Waals surface area contributed by atoms with Crippen molar-refractivity contribution >= 4 is 0 Å². The predicted molar refractivity (Wildman–Crippen MR) is 77.4 cm³/mol. The van der Waals surface area contributed by atoms with Crippen molar-refractivity contribution in [3.8, 4) is 11.5 Å². The Morgan fingerprint density at radius 2 is 2.00 bits per heavy atom. The van der Waals surface area contributed by atoms with Gasteiger partial charge in [-0.25, -0.2) is 0 Å². The summed E-state index contributed by atoms with van der Waals surface area (Å²) >= 11 is 0. The lowest BCUT2D eigenvalue weighted by Crippen LogP contribution is -2.03. The average molecular weight is 271 g/mol. The summed E-state index contributed by atoms with van der Waals surface area (Å²) in [6.07, 6.45) is 4.41. The van der Waals surface area contributed by atoms with Crippen LogP contribution in [0.1, 0.15) is 17.2 Å². The number of aliphatic hydroxyl groups is 1. The van der Waals surface area contributed by atoms with Gasteiger partial charge < -0.3 is 14.6 Å². The Bertz CT molecular complexity index is 582. The fraction of sp³-hybridized carbons (Fsp3) is 0.188. The summed E-state index contributed by atoms with van der Waals surface area (Å²) in [6.45, 7) is 0. The molecule has 0 bridgehead atoms. The van der Waals surface area contributed by atoms with Gasteiger partial charge in [0, 0.05) is 11.8 Å². The van der Waals surface area contributed by atoms with Gasteiger partial charge in [0.05, 0.1) is 32.1 Å². The molecule has 4 nitrogen and oxygen atoms in total. The van der Waals surface area contributed by atoms with Crippen molar-refractivity contribution in [2.75, 3.05) is 14.2 Å². The SMILES string of the molecule is COc1ccc(OC)c(C(/C=C/O)c2ccccn2)c1. The first-order valence-corrected chi connectivity index (χ1v) is 6.24. The monoisotopic (exact) mass is 271 g/mol. The smallest absolute Gasteiger partial charge is 0.123 e. The van der Waals surface area contributed by atoms with Crippen molar-refractivity contribution in [1.29, 1.82) is 0 Å². The maximum atomic E-state index is 9.17. The van der Waals surface area contributed by atoms with Crippen LogP contribution in [0.3, 0.4) is 0 Å². The summed E-state index contributed by atoms with van der Waals surface area (Å²) in [5, 5.41) is 9.17. The number of aliphatic hydroxyl groups excluding tert-OH is 1. The lowest BCUT2D eigenvalue weighted by atomic mass is 9.94. The van der Waals surface area contributed by atoms with Crippen LogP contribution in [0.4, 0.5) is 0 Å². The van der Waals surface area contributed by atoms with Crippen LogP contribution in [0.5, 0.6) is 11.5 Å². The van der Waals surface area contributed by atoms with E-state index in [9.17, 15) is 0 Å². The second-order valence-electron chi connectivity index (χ2n) is 4.18. The van der Waals surface area contributed by atoms with E-state index in [0.29, 0.717) is 0 Å². The molecule has 0 radical (unpaired) electrons. The third-order valence-corrected chi connectivity index (χ3v) is 3.06. The first kappa shape index (κ1) is 13.9. The molecule has 0 saturated heterocycles. The molecule has 0 amide bonds. The highest BCUT2D eigenvalue weighted by atomic mass is 16.5. The Balaban J connectivity index is 2.54. The van der Waals surface area contributed by atoms with Gasteiger partial charge in [-0.05, 0) is 36.4 Å². The minimum Gasteiger partial charge on any atom is -0.516 e. The van der Waals surface area contributed by atoms with E-state index < -0.39 is 0 Å². The van der Waals surface area contributed by atoms with Crippen molar-refractivity contribution in [2.45, 2.75) is 5.92 Å². The Kier molecular flexibility index (Phi) is 4.60. The predicted octanol–water partition coefficient (Wildman–Crippen LogP) is 3.30. The number of methoxy groups -OCH3 is 2. The molecule has 1 aromatic carbocycles. The summed E-state index contributed by atoms with van der Waals surface area (Å²) in [5.41, 5.74) is 1.71. The third kappa shape index (κ3) is 2.91. The van der Waals surface area contributed by atoms with Crippen LogP contribution in [0.25, 0.3) is 0 Å². The molecule has 0 aliphatic heterocycles. The quantitative estimate of drug-likeness (QED) is 0.848. The average Bonchev–Trinajstić information content (AvgIpc) is 2.53. The maximum Gasteiger partial charge on any atom is 0.123 e. The van der Waals surface area contributed by atoms with Gasteiger partial charge in [0.25, 0.3) is 0 Å². The number of allylic oxidation sites excluding steroid dienone is 1. The van der Waals surface area contributed by atoms with E-state index in [1.807, 2.05) is 36.4 Å². The van der Waals surface area contributed by atoms with Crippen LogP contribution >= 0.6 is 0 Å². The number of hydrogen-bond donors (Lipinski definition) is 1. The molecule has 1 aromatic heterocycles. The Morgan fingerprint density at radius 3 is 2.60 bits per heavy atom. The zero-order chi connectivity index (χ0) is 14.4. The van der Waals surface area contributed by atoms with Crippen molar-refractivity contribution < 1.29 is 14.6 Å². The van der Waals surface area contributed by atoms with Gasteiger partial charge >= 0.3 is 0 Å². The number of aromatic nitrogens is 1. The molecule has 1 unspecified atom stereocenters. The van der Waals surface area contributed by atoms with Gasteiger partial charge in [0.2, 0.25) is 0 Å². The molecule has 0 aliphatic carbocycles. The van der Waals surface area contributed by atoms with Gasteiger partial charge in [-0.2, -0.15) is 0 Å². The summed E-state index contributed by atoms with van der Waals surface area (Å²) in [4.78, 5) is 4.35. The number of rotatable bonds is 5. The third-order valence-electron chi connectivity index (χ3n) is 3.06. The number of ether oxygens (including phenoxy) is 2. The second-order valence-corrected chi connectivity index (χ2v) is 4.18. The number of nitrogens with zero attached hydrogens (tertiary/aromatic N) is 1. The Morgan fingerprint density at radius 1 is 1.15 bits per heavy atom. The van der Waals surface area contributed by atoms with E-state index in [1.54, 1.807) is 26.5 Å². The summed E-state index contributed by atoms with van der Waals surface area (Å²) < 4.78 is 10.7. The van der Waals surface area contributed by atoms with Crippen LogP contribution in [0, 0.1) is 0 Å². The van der Waals surface area contributed by atoms with E-state index >= 15 is 0 Å². The van der Waals surface area contributed by atoms with Gasteiger partial charge in [-0.15, -0.1) is 0 Å². The second kappa shape index (κ2) is 6.61. The van der Waals surface area contributed by atoms with Crippen LogP contribution in [0.15, 0.2) is 54.9 Å². The first-order chi connectivity index (χ1) is 9.80. The molecule has 1 atom stereocenters. The van der Waals surface area contributed by atoms with E-state index in [2.05, 4.69) is 4.98 Å². The maximum absolute atomic E-state index is 9.17. The van der Waals surface area contributed by atoms with Gasteiger partial charge in [0.1, 0.15) is 11.5 Å². The standard InChI is InChI=1S/C16H17NO3/c1-19-12-6-7-16(20-2)14(11-12)13(8-10-18)15-5-3-4-9-17-15/h3-11,13,18H,1-2H3/b10-8+. The van der Waals surface area contributed by atoms with Crippen molar-refractivity contribution in [3.63, 3.8) is 0 Å². The summed E-state index contributed by atoms with van der Waals surface area (Å²) in [5.74, 6) is 1.25. The molecule has 20 heavy (non-hydrogen) atoms. The molecule has 0 spiro atoms. The molecule has 0 aliphatic rings. The van der Waals surface area contributed by atoms with Crippen molar-refractivity contribution in [1.82, 2.24) is 4.98 Å². The van der Waals surface area contributed by atoms with E-state index in [1.165, 1.54) is 0 Å². The summed E-state index contributed by atoms with van der Waals surface area (Å²) in [6, 6.07) is 11.2. The normalized spacial score (nSPS) is 12.3. The van der Waals surface area contributed by atoms with Crippen LogP contribution in [0.2, 0.25) is 0 Å². The van der Waals surface area contributed by atoms with Crippen LogP contribution < -0.4 is 9.47 Å². The molecule has 0 saturated carbocycles. The van der Waals surface area contributed by atoms with Crippen LogP contribution in [-0.4, -0.2) is 24.3 Å². The topological polar surface area (TPSA) is 51.6 Å². The molecule has 104 valence electrons. The van der Waals surface area contributed by atoms with E-state index in [4.69, 9.17) is 14.6 Å². The van der Waals surface area contributed by atoms with Gasteiger partial charge in [-0.3, -0.25) is 4.98 Å². The Hall–Kier alpha value is -2.49. The van der Waals surface area contributed by atoms with Gasteiger partial charge in [0.15, 0.2) is 0 Å². The molecule has 2 aromatic rings. The van der Waals surface area contributed by atoms with Gasteiger partial charge in [-0.1, -0.05) is 6.07 Å². The van der Waals surface area contributed by atoms with E-state index in [-0.39, 0.29) is 5.92 Å². The van der Waals surface area contributed by atoms with E-state index in [0.717, 1.165) is 29.0 Å². The fourth-order valence-corrected chi connectivity index (χ4v) is 2.09. The fourth-order valence-electron chi connectivity index (χ4n) is 2.09. The van der Waals surface area contributed by atoms with Crippen LogP contribution in [-0.2, 0) is 0 Å². The highest BCUT2D eigenvalue weighted by Gasteiger charge is 2.18. The largest absolute Gasteiger partial charge is 0.516 e. The highest BCUT2D eigenvalue weighted by Crippen LogP contribution is 2.34. The molecule has 0 fully saturated rings. The minimum atomic E-state index is -0.203. The lowest BCUT2D eigenvalue weighted by Gasteiger charge is -2.17. The Labute approximate surface area is 118 Å². The minimum absolute atomic E-state index is 0.203. The highest BCUT2D eigenvalue weighted by molar-refractivity contribution is 5.47. The zero-order valence-electron chi connectivity index (χ0n) is 11.5. The number of benzene rings is 1. The molecular formula is C16H17NO3. The number of hydrogen-bond acceptors (Lipinski definition) is 4. The lowest BCUT2D eigenvalue weighted by molar-refractivity contribution is 0.398. The number of pyridine rings is 1. The summed E-state index contributed by atoms with van der Waals surface area (Å²) in [7, 11) is 3.23. The zero-order valence-corrected chi connectivity index (χ0v) is 11.5. The molecular weight excluding hydrogens is 254 g/mol. The van der Waals surface area contributed by atoms with Crippen molar-refractivity contribution in [3.05, 3.63) is 66.2 Å². The molecule has 1 heterocycles.